The number of halogens is 1. The van der Waals surface area contributed by atoms with Crippen molar-refractivity contribution in [2.75, 3.05) is 0 Å². The summed E-state index contributed by atoms with van der Waals surface area (Å²) in [5.41, 5.74) is 0.0605. The zero-order valence-electron chi connectivity index (χ0n) is 8.21. The van der Waals surface area contributed by atoms with E-state index in [1.54, 1.807) is 12.1 Å². The first-order chi connectivity index (χ1) is 6.55. The van der Waals surface area contributed by atoms with E-state index in [9.17, 15) is 5.11 Å². The van der Waals surface area contributed by atoms with E-state index in [1.807, 2.05) is 19.9 Å². The molecule has 0 amide bonds. The van der Waals surface area contributed by atoms with Crippen molar-refractivity contribution in [3.05, 3.63) is 28.2 Å². The molecular weight excluding hydrogens is 242 g/mol. The second-order valence-electron chi connectivity index (χ2n) is 3.43. The number of para-hydroxylation sites is 1. The summed E-state index contributed by atoms with van der Waals surface area (Å²) in [5.74, 6) is 0.165. The van der Waals surface area contributed by atoms with E-state index in [-0.39, 0.29) is 5.75 Å². The van der Waals surface area contributed by atoms with Crippen molar-refractivity contribution in [2.45, 2.75) is 25.7 Å². The molecule has 0 radical (unpaired) electrons. The Labute approximate surface area is 92.3 Å². The zero-order valence-corrected chi connectivity index (χ0v) is 9.80. The molecule has 0 bridgehead atoms. The lowest BCUT2D eigenvalue weighted by Crippen LogP contribution is -2.18. The fourth-order valence-electron chi connectivity index (χ4n) is 1.29. The number of benzene rings is 1. The molecule has 0 saturated carbocycles. The van der Waals surface area contributed by atoms with Crippen molar-refractivity contribution in [3.63, 3.8) is 0 Å². The summed E-state index contributed by atoms with van der Waals surface area (Å²) in [7, 11) is 0. The van der Waals surface area contributed by atoms with Crippen LogP contribution < -0.4 is 0 Å². The van der Waals surface area contributed by atoms with Gasteiger partial charge in [-0.15, -0.1) is 0 Å². The number of phenolic OH excluding ortho intramolecular Hbond substituents is 1. The van der Waals surface area contributed by atoms with Crippen LogP contribution in [0, 0.1) is 11.3 Å². The molecular formula is C11H12BrNO. The van der Waals surface area contributed by atoms with Crippen LogP contribution in [0.4, 0.5) is 0 Å². The SMILES string of the molecule is CCC(C)(C#N)c1cccc(Br)c1O. The molecule has 2 nitrogen and oxygen atoms in total. The average molecular weight is 254 g/mol. The first kappa shape index (κ1) is 11.1. The third kappa shape index (κ3) is 1.76. The highest BCUT2D eigenvalue weighted by Crippen LogP contribution is 2.37. The molecule has 1 atom stereocenters. The summed E-state index contributed by atoms with van der Waals surface area (Å²) in [6, 6.07) is 7.60. The number of rotatable bonds is 2. The largest absolute Gasteiger partial charge is 0.506 e. The highest BCUT2D eigenvalue weighted by atomic mass is 79.9. The van der Waals surface area contributed by atoms with Gasteiger partial charge in [0.25, 0.3) is 0 Å². The Morgan fingerprint density at radius 3 is 2.71 bits per heavy atom. The predicted molar refractivity (Wildman–Crippen MR) is 59.1 cm³/mol. The summed E-state index contributed by atoms with van der Waals surface area (Å²) in [6.07, 6.45) is 0.674. The Kier molecular flexibility index (Phi) is 3.17. The third-order valence-electron chi connectivity index (χ3n) is 2.54. The van der Waals surface area contributed by atoms with Crippen molar-refractivity contribution in [1.82, 2.24) is 0 Å². The fourth-order valence-corrected chi connectivity index (χ4v) is 1.66. The molecule has 0 aliphatic rings. The molecule has 1 N–H and O–H groups in total. The molecule has 1 unspecified atom stereocenters. The second kappa shape index (κ2) is 4.02. The molecule has 0 spiro atoms. The van der Waals surface area contributed by atoms with Crippen LogP contribution in [0.3, 0.4) is 0 Å². The van der Waals surface area contributed by atoms with Crippen LogP contribution in [0.5, 0.6) is 5.75 Å². The van der Waals surface area contributed by atoms with Gasteiger partial charge in [-0.3, -0.25) is 0 Å². The van der Waals surface area contributed by atoms with Crippen LogP contribution in [-0.4, -0.2) is 5.11 Å². The molecule has 0 saturated heterocycles. The van der Waals surface area contributed by atoms with Gasteiger partial charge in [-0.1, -0.05) is 19.1 Å². The highest BCUT2D eigenvalue weighted by Gasteiger charge is 2.27. The number of phenols is 1. The lowest BCUT2D eigenvalue weighted by atomic mass is 9.81. The smallest absolute Gasteiger partial charge is 0.134 e. The summed E-state index contributed by atoms with van der Waals surface area (Å²) >= 11 is 3.24. The molecule has 1 aromatic rings. The molecule has 0 aliphatic carbocycles. The molecule has 14 heavy (non-hydrogen) atoms. The lowest BCUT2D eigenvalue weighted by molar-refractivity contribution is 0.445. The molecule has 74 valence electrons. The monoisotopic (exact) mass is 253 g/mol. The van der Waals surface area contributed by atoms with E-state index in [0.29, 0.717) is 16.5 Å². The van der Waals surface area contributed by atoms with Crippen molar-refractivity contribution in [2.24, 2.45) is 0 Å². The van der Waals surface area contributed by atoms with E-state index in [0.717, 1.165) is 0 Å². The molecule has 0 heterocycles. The van der Waals surface area contributed by atoms with Gasteiger partial charge in [-0.25, -0.2) is 0 Å². The standard InChI is InChI=1S/C11H12BrNO/c1-3-11(2,7-13)8-5-4-6-9(12)10(8)14/h4-6,14H,3H2,1-2H3. The van der Waals surface area contributed by atoms with Gasteiger partial charge in [0.1, 0.15) is 5.75 Å². The molecule has 3 heteroatoms. The number of nitrogens with zero attached hydrogens (tertiary/aromatic N) is 1. The summed E-state index contributed by atoms with van der Waals surface area (Å²) in [5, 5.41) is 18.9. The Morgan fingerprint density at radius 2 is 2.21 bits per heavy atom. The lowest BCUT2D eigenvalue weighted by Gasteiger charge is -2.21. The van der Waals surface area contributed by atoms with Crippen LogP contribution in [0.25, 0.3) is 0 Å². The summed E-state index contributed by atoms with van der Waals surface area (Å²) in [6.45, 7) is 3.76. The van der Waals surface area contributed by atoms with Gasteiger partial charge in [0.2, 0.25) is 0 Å². The van der Waals surface area contributed by atoms with E-state index < -0.39 is 5.41 Å². The van der Waals surface area contributed by atoms with Crippen molar-refractivity contribution in [1.29, 1.82) is 5.26 Å². The summed E-state index contributed by atoms with van der Waals surface area (Å²) in [4.78, 5) is 0. The van der Waals surface area contributed by atoms with Gasteiger partial charge in [0.05, 0.1) is 16.0 Å². The van der Waals surface area contributed by atoms with E-state index in [2.05, 4.69) is 22.0 Å². The van der Waals surface area contributed by atoms with Gasteiger partial charge in [0.15, 0.2) is 0 Å². The Balaban J connectivity index is 3.33. The maximum Gasteiger partial charge on any atom is 0.134 e. The molecule has 1 aromatic carbocycles. The third-order valence-corrected chi connectivity index (χ3v) is 3.18. The minimum Gasteiger partial charge on any atom is -0.506 e. The first-order valence-corrected chi connectivity index (χ1v) is 5.23. The Bertz CT molecular complexity index is 383. The maximum atomic E-state index is 9.80. The van der Waals surface area contributed by atoms with Gasteiger partial charge in [0, 0.05) is 5.56 Å². The van der Waals surface area contributed by atoms with Gasteiger partial charge < -0.3 is 5.11 Å². The number of nitriles is 1. The average Bonchev–Trinajstić information content (AvgIpc) is 2.21. The van der Waals surface area contributed by atoms with Gasteiger partial charge in [-0.05, 0) is 35.3 Å². The second-order valence-corrected chi connectivity index (χ2v) is 4.29. The maximum absolute atomic E-state index is 9.80. The quantitative estimate of drug-likeness (QED) is 0.879. The highest BCUT2D eigenvalue weighted by molar-refractivity contribution is 9.10. The van der Waals surface area contributed by atoms with E-state index in [1.165, 1.54) is 0 Å². The normalized spacial score (nSPS) is 14.4. The number of hydrogen-bond donors (Lipinski definition) is 1. The minimum absolute atomic E-state index is 0.165. The van der Waals surface area contributed by atoms with Crippen molar-refractivity contribution in [3.8, 4) is 11.8 Å². The zero-order chi connectivity index (χ0) is 10.8. The predicted octanol–water partition coefficient (Wildman–Crippen LogP) is 3.35. The molecule has 0 aliphatic heterocycles. The van der Waals surface area contributed by atoms with Crippen molar-refractivity contribution >= 4 is 15.9 Å². The van der Waals surface area contributed by atoms with Crippen LogP contribution in [0.2, 0.25) is 0 Å². The van der Waals surface area contributed by atoms with Crippen LogP contribution in [-0.2, 0) is 5.41 Å². The molecule has 0 aromatic heterocycles. The molecule has 1 rings (SSSR count). The minimum atomic E-state index is -0.617. The van der Waals surface area contributed by atoms with Crippen LogP contribution >= 0.6 is 15.9 Å². The van der Waals surface area contributed by atoms with Crippen molar-refractivity contribution < 1.29 is 5.11 Å². The fraction of sp³-hybridized carbons (Fsp3) is 0.364. The van der Waals surface area contributed by atoms with Crippen LogP contribution in [0.15, 0.2) is 22.7 Å². The summed E-state index contributed by atoms with van der Waals surface area (Å²) < 4.78 is 0.630. The topological polar surface area (TPSA) is 44.0 Å². The van der Waals surface area contributed by atoms with Crippen LogP contribution in [0.1, 0.15) is 25.8 Å². The Morgan fingerprint density at radius 1 is 1.57 bits per heavy atom. The van der Waals surface area contributed by atoms with E-state index >= 15 is 0 Å². The Hall–Kier alpha value is -1.01. The first-order valence-electron chi connectivity index (χ1n) is 4.44. The van der Waals surface area contributed by atoms with Gasteiger partial charge in [-0.2, -0.15) is 5.26 Å². The molecule has 0 fully saturated rings. The number of aromatic hydroxyl groups is 1. The van der Waals surface area contributed by atoms with Gasteiger partial charge >= 0.3 is 0 Å². The number of hydrogen-bond acceptors (Lipinski definition) is 2. The van der Waals surface area contributed by atoms with E-state index in [4.69, 9.17) is 5.26 Å².